The highest BCUT2D eigenvalue weighted by molar-refractivity contribution is 6.07. The lowest BCUT2D eigenvalue weighted by Gasteiger charge is -2.64. The number of Topliss-reactive ketones (excluding diaryl/α,β-unsaturated/α-hetero) is 1. The Hall–Kier alpha value is -3.37. The first-order valence-electron chi connectivity index (χ1n) is 20.5. The number of ketones is 1. The second-order valence-electron chi connectivity index (χ2n) is 17.6. The molecule has 14 heteroatoms. The number of aliphatic imine (C=N–C) groups is 2. The Morgan fingerprint density at radius 3 is 2.66 bits per heavy atom. The number of likely N-dealkylation sites (N-methyl/N-ethyl adjacent to an activating group) is 1. The van der Waals surface area contributed by atoms with Gasteiger partial charge in [0.15, 0.2) is 5.78 Å². The molecular weight excluding hydrogens is 716 g/mol. The summed E-state index contributed by atoms with van der Waals surface area (Å²) in [6.07, 6.45) is 13.5. The van der Waals surface area contributed by atoms with Crippen LogP contribution >= 0.6 is 0 Å². The van der Waals surface area contributed by atoms with Crippen molar-refractivity contribution in [3.63, 3.8) is 0 Å². The predicted octanol–water partition coefficient (Wildman–Crippen LogP) is 2.13. The summed E-state index contributed by atoms with van der Waals surface area (Å²) in [5.41, 5.74) is -0.456. The molecule has 0 aromatic heterocycles. The Balaban J connectivity index is 1.15. The molecular formula is C42H58N6O8. The molecule has 3 N–H and O–H groups in total. The van der Waals surface area contributed by atoms with Gasteiger partial charge in [0.05, 0.1) is 63.2 Å². The molecule has 8 aliphatic rings. The van der Waals surface area contributed by atoms with Crippen molar-refractivity contribution in [3.05, 3.63) is 47.4 Å². The average Bonchev–Trinajstić information content (AvgIpc) is 3.49. The number of amidine groups is 1. The number of esters is 1. The highest BCUT2D eigenvalue weighted by atomic mass is 16.6. The van der Waals surface area contributed by atoms with Gasteiger partial charge in [-0.2, -0.15) is 0 Å². The summed E-state index contributed by atoms with van der Waals surface area (Å²) in [5.74, 6) is 0.176. The van der Waals surface area contributed by atoms with Crippen LogP contribution in [0.2, 0.25) is 0 Å². The molecule has 2 aliphatic carbocycles. The van der Waals surface area contributed by atoms with Crippen LogP contribution in [0.3, 0.4) is 0 Å². The number of hydrogen-bond donors (Lipinski definition) is 3. The summed E-state index contributed by atoms with van der Waals surface area (Å²) in [5, 5.41) is 26.0. The van der Waals surface area contributed by atoms with Gasteiger partial charge in [-0.05, 0) is 87.1 Å². The highest BCUT2D eigenvalue weighted by Crippen LogP contribution is 2.67. The van der Waals surface area contributed by atoms with E-state index >= 15 is 0 Å². The molecule has 2 saturated carbocycles. The fraction of sp³-hybridized carbons (Fsp3) is 0.690. The number of cyclic esters (lactones) is 1. The topological polar surface area (TPSA) is 169 Å². The summed E-state index contributed by atoms with van der Waals surface area (Å²) in [6.45, 7) is 11.8. The van der Waals surface area contributed by atoms with Crippen LogP contribution in [0.15, 0.2) is 57.4 Å². The third kappa shape index (κ3) is 6.68. The minimum Gasteiger partial charge on any atom is -0.423 e. The number of aliphatic hydroxyl groups is 2. The molecule has 11 atom stereocenters. The minimum atomic E-state index is -0.731. The molecule has 1 spiro atoms. The molecule has 5 fully saturated rings. The van der Waals surface area contributed by atoms with Crippen LogP contribution in [-0.4, -0.2) is 150 Å². The first-order chi connectivity index (χ1) is 26.8. The molecule has 8 unspecified atom stereocenters. The number of hydrogen-bond acceptors (Lipinski definition) is 13. The van der Waals surface area contributed by atoms with Gasteiger partial charge in [-0.3, -0.25) is 29.3 Å². The molecule has 3 saturated heterocycles. The van der Waals surface area contributed by atoms with E-state index in [1.165, 1.54) is 0 Å². The maximum atomic E-state index is 14.0. The van der Waals surface area contributed by atoms with E-state index in [1.807, 2.05) is 46.2 Å². The SMILES string of the molecule is CCC1C(=O)N2C=C(/C=C3\C=C(C(CC4C5(CO5)C(N5CCOCC5)CC5[C@]4(C)CC[C@@H](O)[C@@]5(C)CO)NC(C)C(=O)CC4=NCC=N4)C(=O)O3)C=CC2N1C. The summed E-state index contributed by atoms with van der Waals surface area (Å²) in [4.78, 5) is 55.7. The molecule has 0 aromatic rings. The van der Waals surface area contributed by atoms with Crippen molar-refractivity contribution in [3.8, 4) is 0 Å². The monoisotopic (exact) mass is 774 g/mol. The van der Waals surface area contributed by atoms with Gasteiger partial charge in [0.1, 0.15) is 23.4 Å². The van der Waals surface area contributed by atoms with Crippen molar-refractivity contribution in [1.82, 2.24) is 20.0 Å². The molecule has 14 nitrogen and oxygen atoms in total. The van der Waals surface area contributed by atoms with Gasteiger partial charge in [-0.15, -0.1) is 0 Å². The van der Waals surface area contributed by atoms with E-state index in [-0.39, 0.29) is 60.2 Å². The number of carbonyl (C=O) groups excluding carboxylic acids is 3. The molecule has 6 aliphatic heterocycles. The molecule has 0 radical (unpaired) electrons. The highest BCUT2D eigenvalue weighted by Gasteiger charge is 2.71. The molecule has 56 heavy (non-hydrogen) atoms. The summed E-state index contributed by atoms with van der Waals surface area (Å²) >= 11 is 0. The fourth-order valence-electron chi connectivity index (χ4n) is 11.3. The maximum Gasteiger partial charge on any atom is 0.341 e. The number of fused-ring (bicyclic) bond motifs is 2. The minimum absolute atomic E-state index is 0.0251. The van der Waals surface area contributed by atoms with E-state index in [1.54, 1.807) is 23.3 Å². The van der Waals surface area contributed by atoms with Crippen molar-refractivity contribution in [2.45, 2.75) is 108 Å². The largest absolute Gasteiger partial charge is 0.423 e. The molecule has 0 aromatic carbocycles. The van der Waals surface area contributed by atoms with Crippen LogP contribution < -0.4 is 5.32 Å². The Morgan fingerprint density at radius 1 is 1.21 bits per heavy atom. The van der Waals surface area contributed by atoms with Gasteiger partial charge >= 0.3 is 5.97 Å². The normalized spacial score (nSPS) is 40.0. The van der Waals surface area contributed by atoms with Gasteiger partial charge in [-0.25, -0.2) is 9.79 Å². The van der Waals surface area contributed by atoms with Crippen LogP contribution in [0, 0.1) is 22.7 Å². The zero-order valence-electron chi connectivity index (χ0n) is 33.4. The number of allylic oxidation sites excluding steroid dienone is 4. The van der Waals surface area contributed by atoms with Crippen molar-refractivity contribution < 1.29 is 38.8 Å². The quantitative estimate of drug-likeness (QED) is 0.196. The van der Waals surface area contributed by atoms with Crippen LogP contribution in [0.4, 0.5) is 0 Å². The van der Waals surface area contributed by atoms with Crippen molar-refractivity contribution in [2.75, 3.05) is 53.1 Å². The Morgan fingerprint density at radius 2 is 1.98 bits per heavy atom. The number of aliphatic hydroxyl groups excluding tert-OH is 2. The molecule has 6 heterocycles. The molecule has 8 rings (SSSR count). The van der Waals surface area contributed by atoms with Crippen LogP contribution in [0.25, 0.3) is 0 Å². The number of epoxide rings is 1. The Labute approximate surface area is 329 Å². The smallest absolute Gasteiger partial charge is 0.341 e. The number of carbonyl (C=O) groups is 3. The molecule has 1 amide bonds. The van der Waals surface area contributed by atoms with E-state index in [2.05, 4.69) is 32.0 Å². The first kappa shape index (κ1) is 39.5. The van der Waals surface area contributed by atoms with Gasteiger partial charge in [0, 0.05) is 43.0 Å². The van der Waals surface area contributed by atoms with E-state index in [4.69, 9.17) is 14.2 Å². The van der Waals surface area contributed by atoms with Crippen LogP contribution in [0.1, 0.15) is 66.2 Å². The number of morpholine rings is 1. The van der Waals surface area contributed by atoms with E-state index < -0.39 is 35.2 Å². The van der Waals surface area contributed by atoms with Gasteiger partial charge in [0.2, 0.25) is 5.91 Å². The number of amides is 1. The first-order valence-corrected chi connectivity index (χ1v) is 20.5. The second kappa shape index (κ2) is 15.1. The lowest BCUT2D eigenvalue weighted by molar-refractivity contribution is -0.197. The van der Waals surface area contributed by atoms with Crippen molar-refractivity contribution >= 4 is 29.7 Å². The number of ether oxygens (including phenoxy) is 3. The summed E-state index contributed by atoms with van der Waals surface area (Å²) in [7, 11) is 1.95. The van der Waals surface area contributed by atoms with Crippen molar-refractivity contribution in [2.24, 2.45) is 32.7 Å². The van der Waals surface area contributed by atoms with Gasteiger partial charge < -0.3 is 29.7 Å². The average molecular weight is 775 g/mol. The third-order valence-corrected chi connectivity index (χ3v) is 14.7. The predicted molar refractivity (Wildman–Crippen MR) is 208 cm³/mol. The zero-order valence-corrected chi connectivity index (χ0v) is 33.4. The van der Waals surface area contributed by atoms with Crippen molar-refractivity contribution in [1.29, 1.82) is 0 Å². The molecule has 0 bridgehead atoms. The van der Waals surface area contributed by atoms with Crippen LogP contribution in [-0.2, 0) is 28.6 Å². The Bertz CT molecular complexity index is 1800. The van der Waals surface area contributed by atoms with E-state index in [9.17, 15) is 24.6 Å². The number of nitrogens with zero attached hydrogens (tertiary/aromatic N) is 5. The van der Waals surface area contributed by atoms with Gasteiger partial charge in [0.25, 0.3) is 0 Å². The lowest BCUT2D eigenvalue weighted by atomic mass is 9.43. The van der Waals surface area contributed by atoms with Gasteiger partial charge in [-0.1, -0.05) is 26.8 Å². The zero-order chi connectivity index (χ0) is 39.6. The fourth-order valence-corrected chi connectivity index (χ4v) is 11.3. The van der Waals surface area contributed by atoms with E-state index in [0.717, 1.165) is 31.5 Å². The standard InChI is InChI=1S/C42H58N6O8/c1-6-30-38(52)48-22-26(7-8-37(48)46(30)5)17-27-18-28(39(53)56-27)29(45-25(2)31(50)20-36-43-11-12-44-36)19-33-40(3)10-9-35(51)41(4,23-49)32(40)21-34(42(33)24-55-42)47-13-15-54-16-14-47/h7-8,11,17-18,22,25,29-30,32-35,37,45,49,51H,6,9-10,12-16,19-21,23-24H2,1-5H3/b27-17+/t25?,29?,30?,32?,33?,34?,35-,37?,40+,41+,42?/m1/s1. The third-order valence-electron chi connectivity index (χ3n) is 14.7. The lowest BCUT2D eigenvalue weighted by Crippen LogP contribution is -2.68. The second-order valence-corrected chi connectivity index (χ2v) is 17.6. The number of rotatable bonds is 12. The van der Waals surface area contributed by atoms with E-state index in [0.29, 0.717) is 62.8 Å². The Kier molecular flexibility index (Phi) is 10.6. The molecule has 304 valence electrons. The number of nitrogens with one attached hydrogen (secondary N) is 1. The summed E-state index contributed by atoms with van der Waals surface area (Å²) in [6, 6.07) is -1.41. The maximum absolute atomic E-state index is 14.0. The summed E-state index contributed by atoms with van der Waals surface area (Å²) < 4.78 is 18.3. The van der Waals surface area contributed by atoms with Crippen LogP contribution in [0.5, 0.6) is 0 Å².